The number of hydrogen-bond donors (Lipinski definition) is 1. The van der Waals surface area contributed by atoms with Gasteiger partial charge in [-0.15, -0.1) is 0 Å². The first-order valence-electron chi connectivity index (χ1n) is 12.3. The fraction of sp³-hybridized carbons (Fsp3) is 0.296. The van der Waals surface area contributed by atoms with Crippen LogP contribution in [0, 0.1) is 0 Å². The molecule has 0 spiro atoms. The Labute approximate surface area is 215 Å². The number of nitrogens with one attached hydrogen (secondary N) is 1. The molecule has 4 aromatic rings. The molecule has 4 heterocycles. The molecule has 0 unspecified atom stereocenters. The van der Waals surface area contributed by atoms with E-state index in [2.05, 4.69) is 15.3 Å². The number of amides is 1. The third-order valence-electron chi connectivity index (χ3n) is 6.91. The highest BCUT2D eigenvalue weighted by Gasteiger charge is 2.28. The number of carbonyl (C=O) groups excluding carboxylic acids is 1. The van der Waals surface area contributed by atoms with E-state index in [1.54, 1.807) is 31.6 Å². The van der Waals surface area contributed by atoms with E-state index in [9.17, 15) is 13.2 Å². The van der Waals surface area contributed by atoms with Gasteiger partial charge in [0.05, 0.1) is 40.2 Å². The highest BCUT2D eigenvalue weighted by Crippen LogP contribution is 2.39. The number of nitrogens with zero attached hydrogens (tertiary/aromatic N) is 5. The smallest absolute Gasteiger partial charge is 0.251 e. The van der Waals surface area contributed by atoms with Gasteiger partial charge < -0.3 is 5.32 Å². The number of rotatable bonds is 5. The van der Waals surface area contributed by atoms with Crippen LogP contribution in [0.4, 0.5) is 0 Å². The maximum atomic E-state index is 12.9. The molecule has 10 heteroatoms. The van der Waals surface area contributed by atoms with Gasteiger partial charge in [-0.25, -0.2) is 22.7 Å². The molecular formula is C27H26N6O3S. The lowest BCUT2D eigenvalue weighted by atomic mass is 10.1. The first-order chi connectivity index (χ1) is 17.9. The lowest BCUT2D eigenvalue weighted by molar-refractivity contribution is 0.0950. The highest BCUT2D eigenvalue weighted by atomic mass is 32.2. The van der Waals surface area contributed by atoms with Gasteiger partial charge >= 0.3 is 0 Å². The number of hydrogen-bond acceptors (Lipinski definition) is 7. The number of carbonyl (C=O) groups is 1. The molecule has 3 aromatic heterocycles. The van der Waals surface area contributed by atoms with Gasteiger partial charge in [-0.2, -0.15) is 0 Å². The average molecular weight is 515 g/mol. The predicted octanol–water partition coefficient (Wildman–Crippen LogP) is 3.46. The Bertz CT molecular complexity index is 1630. The predicted molar refractivity (Wildman–Crippen MR) is 138 cm³/mol. The molecule has 0 saturated heterocycles. The minimum atomic E-state index is -3.61. The summed E-state index contributed by atoms with van der Waals surface area (Å²) < 4.78 is 27.1. The molecule has 1 N–H and O–H groups in total. The molecule has 2 aliphatic rings. The van der Waals surface area contributed by atoms with Crippen molar-refractivity contribution in [3.8, 4) is 11.4 Å². The van der Waals surface area contributed by atoms with Crippen molar-refractivity contribution in [2.24, 2.45) is 0 Å². The third kappa shape index (κ3) is 4.70. The summed E-state index contributed by atoms with van der Waals surface area (Å²) in [6, 6.07) is 10.6. The van der Waals surface area contributed by atoms with E-state index >= 15 is 0 Å². The molecule has 6 rings (SSSR count). The largest absolute Gasteiger partial charge is 0.346 e. The SMILES string of the molecule is CN1CCCc2ccc(C(=O)NCc3cc4nc(-c5cncc(C6CC6)n5)ccc4cn3)cc2S1(=O)=O. The average Bonchev–Trinajstić information content (AvgIpc) is 3.77. The van der Waals surface area contributed by atoms with Crippen LogP contribution >= 0.6 is 0 Å². The summed E-state index contributed by atoms with van der Waals surface area (Å²) >= 11 is 0. The van der Waals surface area contributed by atoms with Crippen LogP contribution in [-0.4, -0.2) is 52.2 Å². The molecule has 1 fully saturated rings. The zero-order valence-electron chi connectivity index (χ0n) is 20.4. The van der Waals surface area contributed by atoms with E-state index in [4.69, 9.17) is 9.97 Å². The minimum absolute atomic E-state index is 0.182. The maximum Gasteiger partial charge on any atom is 0.251 e. The summed E-state index contributed by atoms with van der Waals surface area (Å²) in [6.07, 6.45) is 8.99. The number of fused-ring (bicyclic) bond motifs is 2. The zero-order chi connectivity index (χ0) is 25.6. The van der Waals surface area contributed by atoms with Crippen LogP contribution in [0.2, 0.25) is 0 Å². The summed E-state index contributed by atoms with van der Waals surface area (Å²) in [6.45, 7) is 0.641. The van der Waals surface area contributed by atoms with Crippen LogP contribution in [-0.2, 0) is 23.0 Å². The summed E-state index contributed by atoms with van der Waals surface area (Å²) in [5.41, 5.74) is 4.91. The Morgan fingerprint density at radius 2 is 1.92 bits per heavy atom. The monoisotopic (exact) mass is 514 g/mol. The van der Waals surface area contributed by atoms with E-state index in [0.29, 0.717) is 30.1 Å². The van der Waals surface area contributed by atoms with Gasteiger partial charge in [0.15, 0.2) is 0 Å². The normalized spacial score (nSPS) is 17.2. The van der Waals surface area contributed by atoms with Gasteiger partial charge in [0, 0.05) is 42.9 Å². The molecule has 188 valence electrons. The first-order valence-corrected chi connectivity index (χ1v) is 13.8. The molecule has 1 aromatic carbocycles. The van der Waals surface area contributed by atoms with Crippen LogP contribution in [0.25, 0.3) is 22.3 Å². The first kappa shape index (κ1) is 23.6. The molecule has 9 nitrogen and oxygen atoms in total. The van der Waals surface area contributed by atoms with Crippen LogP contribution in [0.3, 0.4) is 0 Å². The van der Waals surface area contributed by atoms with Gasteiger partial charge in [-0.1, -0.05) is 6.07 Å². The maximum absolute atomic E-state index is 12.9. The second-order valence-electron chi connectivity index (χ2n) is 9.60. The number of aromatic nitrogens is 4. The van der Waals surface area contributed by atoms with Gasteiger partial charge in [-0.3, -0.25) is 14.8 Å². The van der Waals surface area contributed by atoms with Gasteiger partial charge in [0.2, 0.25) is 10.0 Å². The quantitative estimate of drug-likeness (QED) is 0.433. The summed E-state index contributed by atoms with van der Waals surface area (Å²) in [5.74, 6) is 0.147. The topological polar surface area (TPSA) is 118 Å². The molecule has 0 bridgehead atoms. The number of sulfonamides is 1. The van der Waals surface area contributed by atoms with Crippen molar-refractivity contribution in [2.75, 3.05) is 13.6 Å². The Hall–Kier alpha value is -3.76. The van der Waals surface area contributed by atoms with E-state index in [0.717, 1.165) is 52.8 Å². The lowest BCUT2D eigenvalue weighted by Crippen LogP contribution is -2.27. The summed E-state index contributed by atoms with van der Waals surface area (Å²) in [7, 11) is -2.04. The van der Waals surface area contributed by atoms with Crippen molar-refractivity contribution in [3.63, 3.8) is 0 Å². The highest BCUT2D eigenvalue weighted by molar-refractivity contribution is 7.89. The van der Waals surface area contributed by atoms with E-state index < -0.39 is 10.0 Å². The van der Waals surface area contributed by atoms with Crippen LogP contribution in [0.1, 0.15) is 52.5 Å². The standard InChI is InChI=1S/C27H26N6O3S/c1-33-10-2-3-18-6-7-19(11-26(18)37(33,35)36)27(34)30-14-21-12-23-20(13-29-21)8-9-22(31-23)25-16-28-15-24(32-25)17-4-5-17/h6-9,11-13,15-17H,2-5,10,14H2,1H3,(H,30,34). The van der Waals surface area contributed by atoms with E-state index in [1.165, 1.54) is 10.4 Å². The summed E-state index contributed by atoms with van der Waals surface area (Å²) in [4.78, 5) is 31.4. The molecule has 1 saturated carbocycles. The van der Waals surface area contributed by atoms with Gasteiger partial charge in [0.25, 0.3) is 5.91 Å². The molecule has 1 amide bonds. The Morgan fingerprint density at radius 1 is 1.05 bits per heavy atom. The molecular weight excluding hydrogens is 488 g/mol. The van der Waals surface area contributed by atoms with Gasteiger partial charge in [-0.05, 0) is 61.6 Å². The van der Waals surface area contributed by atoms with Crippen molar-refractivity contribution >= 4 is 26.8 Å². The number of pyridine rings is 2. The molecule has 37 heavy (non-hydrogen) atoms. The lowest BCUT2D eigenvalue weighted by Gasteiger charge is -2.15. The molecule has 0 radical (unpaired) electrons. The van der Waals surface area contributed by atoms with Gasteiger partial charge in [0.1, 0.15) is 5.69 Å². The van der Waals surface area contributed by atoms with Crippen LogP contribution < -0.4 is 5.32 Å². The second-order valence-corrected chi connectivity index (χ2v) is 11.6. The minimum Gasteiger partial charge on any atom is -0.346 e. The third-order valence-corrected chi connectivity index (χ3v) is 8.85. The molecule has 1 aliphatic heterocycles. The van der Waals surface area contributed by atoms with Crippen molar-refractivity contribution in [3.05, 3.63) is 77.5 Å². The number of benzene rings is 1. The number of aryl methyl sites for hydroxylation is 1. The molecule has 0 atom stereocenters. The van der Waals surface area contributed by atoms with Crippen molar-refractivity contribution in [1.29, 1.82) is 0 Å². The summed E-state index contributed by atoms with van der Waals surface area (Å²) in [5, 5.41) is 3.73. The van der Waals surface area contributed by atoms with Crippen LogP contribution in [0.5, 0.6) is 0 Å². The second kappa shape index (κ2) is 9.28. The fourth-order valence-corrected chi connectivity index (χ4v) is 6.06. The molecule has 1 aliphatic carbocycles. The Morgan fingerprint density at radius 3 is 2.76 bits per heavy atom. The Balaban J connectivity index is 1.21. The van der Waals surface area contributed by atoms with Crippen LogP contribution in [0.15, 0.2) is 59.9 Å². The Kier molecular flexibility index (Phi) is 5.92. The van der Waals surface area contributed by atoms with Crippen molar-refractivity contribution in [1.82, 2.24) is 29.6 Å². The zero-order valence-corrected chi connectivity index (χ0v) is 21.2. The van der Waals surface area contributed by atoms with E-state index in [-0.39, 0.29) is 17.3 Å². The van der Waals surface area contributed by atoms with E-state index in [1.807, 2.05) is 24.4 Å². The fourth-order valence-electron chi connectivity index (χ4n) is 4.57. The van der Waals surface area contributed by atoms with Crippen molar-refractivity contribution < 1.29 is 13.2 Å². The van der Waals surface area contributed by atoms with Crippen molar-refractivity contribution in [2.45, 2.75) is 43.0 Å².